The van der Waals surface area contributed by atoms with E-state index in [1.165, 1.54) is 10.4 Å². The highest BCUT2D eigenvalue weighted by Crippen LogP contribution is 2.32. The summed E-state index contributed by atoms with van der Waals surface area (Å²) in [7, 11) is -7.25. The van der Waals surface area contributed by atoms with Crippen LogP contribution in [-0.2, 0) is 26.5 Å². The number of benzene rings is 2. The number of hydrogen-bond acceptors (Lipinski definition) is 5. The summed E-state index contributed by atoms with van der Waals surface area (Å²) in [5, 5.41) is 0. The monoisotopic (exact) mass is 438 g/mol. The number of aryl methyl sites for hydroxylation is 2. The maximum Gasteiger partial charge on any atom is 0.261 e. The van der Waals surface area contributed by atoms with Gasteiger partial charge in [-0.3, -0.25) is 9.03 Å². The van der Waals surface area contributed by atoms with E-state index in [2.05, 4.69) is 4.72 Å². The first-order chi connectivity index (χ1) is 13.6. The Balaban J connectivity index is 1.89. The third-order valence-corrected chi connectivity index (χ3v) is 7.29. The molecule has 1 aliphatic rings. The highest BCUT2D eigenvalue weighted by atomic mass is 32.2. The van der Waals surface area contributed by atoms with Gasteiger partial charge in [0.2, 0.25) is 10.0 Å². The zero-order valence-corrected chi connectivity index (χ0v) is 18.4. The minimum absolute atomic E-state index is 0.122. The van der Waals surface area contributed by atoms with E-state index in [9.17, 15) is 16.8 Å². The molecule has 0 atom stereocenters. The van der Waals surface area contributed by atoms with Gasteiger partial charge in [0.05, 0.1) is 29.1 Å². The lowest BCUT2D eigenvalue weighted by atomic mass is 10.0. The van der Waals surface area contributed by atoms with Crippen LogP contribution in [0.5, 0.6) is 5.75 Å². The summed E-state index contributed by atoms with van der Waals surface area (Å²) >= 11 is 0. The SMILES string of the molecule is CCCOc1ccc(S(=O)(=O)Nc2ccc3c(c2)N(S(C)(=O)=O)CCC3)cc1C. The van der Waals surface area contributed by atoms with Crippen molar-refractivity contribution in [3.8, 4) is 5.75 Å². The maximum atomic E-state index is 12.8. The fraction of sp³-hybridized carbons (Fsp3) is 0.400. The Labute approximate surface area is 172 Å². The van der Waals surface area contributed by atoms with Crippen molar-refractivity contribution in [1.29, 1.82) is 0 Å². The second-order valence-electron chi connectivity index (χ2n) is 7.16. The van der Waals surface area contributed by atoms with Gasteiger partial charge in [0, 0.05) is 6.54 Å². The summed E-state index contributed by atoms with van der Waals surface area (Å²) < 4.78 is 59.3. The fourth-order valence-corrected chi connectivity index (χ4v) is 5.45. The lowest BCUT2D eigenvalue weighted by Gasteiger charge is -2.29. The van der Waals surface area contributed by atoms with Gasteiger partial charge < -0.3 is 4.74 Å². The Kier molecular flexibility index (Phi) is 6.09. The van der Waals surface area contributed by atoms with E-state index in [0.717, 1.165) is 36.6 Å². The van der Waals surface area contributed by atoms with Crippen molar-refractivity contribution in [3.63, 3.8) is 0 Å². The quantitative estimate of drug-likeness (QED) is 0.716. The molecule has 1 aliphatic heterocycles. The molecule has 2 aromatic rings. The van der Waals surface area contributed by atoms with Gasteiger partial charge in [-0.15, -0.1) is 0 Å². The highest BCUT2D eigenvalue weighted by Gasteiger charge is 2.25. The van der Waals surface area contributed by atoms with E-state index in [-0.39, 0.29) is 4.90 Å². The molecule has 7 nitrogen and oxygen atoms in total. The predicted octanol–water partition coefficient (Wildman–Crippen LogP) is 3.30. The van der Waals surface area contributed by atoms with Crippen LogP contribution >= 0.6 is 0 Å². The first-order valence-corrected chi connectivity index (χ1v) is 12.8. The van der Waals surface area contributed by atoms with Crippen LogP contribution in [-0.4, -0.2) is 36.2 Å². The summed E-state index contributed by atoms with van der Waals surface area (Å²) in [4.78, 5) is 0.122. The number of nitrogens with one attached hydrogen (secondary N) is 1. The van der Waals surface area contributed by atoms with Gasteiger partial charge >= 0.3 is 0 Å². The lowest BCUT2D eigenvalue weighted by Crippen LogP contribution is -2.34. The van der Waals surface area contributed by atoms with Gasteiger partial charge in [0.25, 0.3) is 10.0 Å². The van der Waals surface area contributed by atoms with Crippen LogP contribution in [0, 0.1) is 6.92 Å². The molecule has 0 fully saturated rings. The molecule has 0 aromatic heterocycles. The van der Waals surface area contributed by atoms with Crippen molar-refractivity contribution in [2.75, 3.05) is 28.4 Å². The fourth-order valence-electron chi connectivity index (χ4n) is 3.33. The third-order valence-electron chi connectivity index (χ3n) is 4.73. The van der Waals surface area contributed by atoms with Crippen LogP contribution in [0.4, 0.5) is 11.4 Å². The average molecular weight is 439 g/mol. The van der Waals surface area contributed by atoms with Crippen molar-refractivity contribution in [3.05, 3.63) is 47.5 Å². The summed E-state index contributed by atoms with van der Waals surface area (Å²) in [5.74, 6) is 0.656. The number of hydrogen-bond donors (Lipinski definition) is 1. The lowest BCUT2D eigenvalue weighted by molar-refractivity contribution is 0.315. The number of ether oxygens (including phenoxy) is 1. The van der Waals surface area contributed by atoms with Crippen molar-refractivity contribution in [2.45, 2.75) is 38.0 Å². The van der Waals surface area contributed by atoms with E-state index in [0.29, 0.717) is 30.3 Å². The van der Waals surface area contributed by atoms with Crippen LogP contribution < -0.4 is 13.8 Å². The Hall–Kier alpha value is -2.26. The van der Waals surface area contributed by atoms with Gasteiger partial charge in [-0.25, -0.2) is 16.8 Å². The number of nitrogens with zero attached hydrogens (tertiary/aromatic N) is 1. The minimum Gasteiger partial charge on any atom is -0.493 e. The van der Waals surface area contributed by atoms with Crippen molar-refractivity contribution < 1.29 is 21.6 Å². The van der Waals surface area contributed by atoms with Crippen LogP contribution in [0.3, 0.4) is 0 Å². The van der Waals surface area contributed by atoms with E-state index in [1.807, 2.05) is 6.92 Å². The largest absolute Gasteiger partial charge is 0.493 e. The van der Waals surface area contributed by atoms with Gasteiger partial charge in [0.15, 0.2) is 0 Å². The maximum absolute atomic E-state index is 12.8. The molecule has 0 radical (unpaired) electrons. The second-order valence-corrected chi connectivity index (χ2v) is 10.8. The normalized spacial score (nSPS) is 14.4. The summed E-state index contributed by atoms with van der Waals surface area (Å²) in [5.41, 5.74) is 2.47. The molecule has 0 aliphatic carbocycles. The predicted molar refractivity (Wildman–Crippen MR) is 115 cm³/mol. The van der Waals surface area contributed by atoms with E-state index < -0.39 is 20.0 Å². The third kappa shape index (κ3) is 4.84. The molecular weight excluding hydrogens is 412 g/mol. The van der Waals surface area contributed by atoms with Crippen LogP contribution in [0.15, 0.2) is 41.3 Å². The number of sulfonamides is 2. The van der Waals surface area contributed by atoms with Crippen LogP contribution in [0.1, 0.15) is 30.9 Å². The molecule has 0 amide bonds. The first kappa shape index (κ1) is 21.4. The van der Waals surface area contributed by atoms with E-state index in [1.54, 1.807) is 37.3 Å². The Morgan fingerprint density at radius 2 is 1.86 bits per heavy atom. The van der Waals surface area contributed by atoms with Gasteiger partial charge in [-0.05, 0) is 67.6 Å². The molecule has 29 heavy (non-hydrogen) atoms. The first-order valence-electron chi connectivity index (χ1n) is 9.49. The smallest absolute Gasteiger partial charge is 0.261 e. The van der Waals surface area contributed by atoms with Crippen molar-refractivity contribution in [1.82, 2.24) is 0 Å². The van der Waals surface area contributed by atoms with Gasteiger partial charge in [-0.2, -0.15) is 0 Å². The zero-order valence-electron chi connectivity index (χ0n) is 16.8. The van der Waals surface area contributed by atoms with Crippen LogP contribution in [0.25, 0.3) is 0 Å². The molecule has 0 bridgehead atoms. The highest BCUT2D eigenvalue weighted by molar-refractivity contribution is 7.92. The minimum atomic E-state index is -3.83. The van der Waals surface area contributed by atoms with Crippen molar-refractivity contribution in [2.24, 2.45) is 0 Å². The summed E-state index contributed by atoms with van der Waals surface area (Å²) in [6, 6.07) is 9.73. The van der Waals surface area contributed by atoms with Crippen molar-refractivity contribution >= 4 is 31.4 Å². The molecule has 0 spiro atoms. The van der Waals surface area contributed by atoms with E-state index in [4.69, 9.17) is 4.74 Å². The van der Waals surface area contributed by atoms with Crippen LogP contribution in [0.2, 0.25) is 0 Å². The van der Waals surface area contributed by atoms with E-state index >= 15 is 0 Å². The standard InChI is InChI=1S/C20H26N2O5S2/c1-4-12-27-20-10-9-18(13-15(20)2)29(25,26)21-17-8-7-16-6-5-11-22(19(16)14-17)28(3,23)24/h7-10,13-14,21H,4-6,11-12H2,1-3H3. The molecule has 9 heteroatoms. The molecule has 0 saturated carbocycles. The Morgan fingerprint density at radius 1 is 1.10 bits per heavy atom. The number of fused-ring (bicyclic) bond motifs is 1. The molecule has 1 N–H and O–H groups in total. The Bertz CT molecular complexity index is 1110. The molecule has 3 rings (SSSR count). The number of anilines is 2. The Morgan fingerprint density at radius 3 is 2.52 bits per heavy atom. The molecule has 158 valence electrons. The van der Waals surface area contributed by atoms with Gasteiger partial charge in [-0.1, -0.05) is 13.0 Å². The summed E-state index contributed by atoms with van der Waals surface area (Å²) in [6.45, 7) is 4.76. The van der Waals surface area contributed by atoms with Gasteiger partial charge in [0.1, 0.15) is 5.75 Å². The number of rotatable bonds is 7. The molecule has 0 unspecified atom stereocenters. The molecular formula is C20H26N2O5S2. The molecule has 2 aromatic carbocycles. The summed E-state index contributed by atoms with van der Waals surface area (Å²) in [6.07, 6.45) is 3.51. The average Bonchev–Trinajstić information content (AvgIpc) is 2.65. The topological polar surface area (TPSA) is 92.8 Å². The second kappa shape index (κ2) is 8.23. The molecule has 1 heterocycles. The molecule has 0 saturated heterocycles. The zero-order chi connectivity index (χ0) is 21.2.